The van der Waals surface area contributed by atoms with E-state index in [1.54, 1.807) is 72.8 Å². The van der Waals surface area contributed by atoms with Crippen LogP contribution in [0.4, 0.5) is 0 Å². The van der Waals surface area contributed by atoms with Gasteiger partial charge in [-0.2, -0.15) is 16.8 Å². The third-order valence-electron chi connectivity index (χ3n) is 9.65. The van der Waals surface area contributed by atoms with Crippen LogP contribution in [0.3, 0.4) is 0 Å². The first-order chi connectivity index (χ1) is 25.4. The van der Waals surface area contributed by atoms with Crippen LogP contribution >= 0.6 is 0 Å². The molecule has 0 radical (unpaired) electrons. The van der Waals surface area contributed by atoms with Crippen molar-refractivity contribution >= 4 is 47.8 Å². The minimum absolute atomic E-state index is 0.0328. The van der Waals surface area contributed by atoms with E-state index in [4.69, 9.17) is 17.8 Å². The highest BCUT2D eigenvalue weighted by Gasteiger charge is 2.54. The normalized spacial score (nSPS) is 14.3. The van der Waals surface area contributed by atoms with Crippen LogP contribution in [-0.4, -0.2) is 22.8 Å². The lowest BCUT2D eigenvalue weighted by molar-refractivity contribution is 0.0226. The zero-order chi connectivity index (χ0) is 36.7. The zero-order valence-corrected chi connectivity index (χ0v) is 29.8. The number of benzene rings is 7. The maximum atomic E-state index is 13.5. The van der Waals surface area contributed by atoms with Crippen molar-refractivity contribution in [3.63, 3.8) is 0 Å². The Labute approximate surface area is 305 Å². The summed E-state index contributed by atoms with van der Waals surface area (Å²) in [5.74, 6) is 0.541. The van der Waals surface area contributed by atoms with Gasteiger partial charge in [-0.25, -0.2) is 4.79 Å². The number of hydrogen-bond donors (Lipinski definition) is 0. The number of hydrogen-bond acceptors (Lipinski definition) is 9. The summed E-state index contributed by atoms with van der Waals surface area (Å²) in [5.41, 5.74) is 2.68. The second-order valence-corrected chi connectivity index (χ2v) is 16.2. The molecule has 0 saturated heterocycles. The molecule has 2 heterocycles. The molecule has 0 N–H and O–H groups in total. The zero-order valence-electron chi connectivity index (χ0n) is 28.2. The molecule has 7 aromatic carbocycles. The Morgan fingerprint density at radius 3 is 1.49 bits per heavy atom. The fraction of sp³-hybridized carbons (Fsp3) is 0.0714. The first-order valence-corrected chi connectivity index (χ1v) is 19.4. The Morgan fingerprint density at radius 2 is 1.00 bits per heavy atom. The van der Waals surface area contributed by atoms with Crippen molar-refractivity contribution in [2.45, 2.75) is 29.2 Å². The molecule has 2 aliphatic heterocycles. The fourth-order valence-electron chi connectivity index (χ4n) is 7.06. The standard InChI is InChI=1S/C42H28O9S2/c1-25-7-15-31(16-8-25)52(44,45)50-29-13-19-33-27(23-29)11-21-37-39(33)48-40-34-20-14-30(51-53(46,47)32-17-9-26(2)10-18-32)24-28(34)12-22-38(40)42(37)36-6-4-3-5-35(36)41(43)49-42/h3-24H,1-2H3. The smallest absolute Gasteiger partial charge is 0.340 e. The van der Waals surface area contributed by atoms with E-state index in [1.165, 1.54) is 24.3 Å². The van der Waals surface area contributed by atoms with E-state index in [1.807, 2.05) is 50.2 Å². The second-order valence-electron chi connectivity index (χ2n) is 13.1. The van der Waals surface area contributed by atoms with E-state index in [0.29, 0.717) is 55.3 Å². The minimum Gasteiger partial charge on any atom is -0.455 e. The molecule has 262 valence electrons. The Hall–Kier alpha value is -6.17. The minimum atomic E-state index is -4.11. The number of rotatable bonds is 6. The summed E-state index contributed by atoms with van der Waals surface area (Å²) in [5, 5.41) is 2.48. The first kappa shape index (κ1) is 32.7. The summed E-state index contributed by atoms with van der Waals surface area (Å²) in [6.07, 6.45) is 0. The molecule has 0 fully saturated rings. The summed E-state index contributed by atoms with van der Waals surface area (Å²) in [6.45, 7) is 3.73. The Balaban J connectivity index is 1.18. The lowest BCUT2D eigenvalue weighted by atomic mass is 9.76. The predicted molar refractivity (Wildman–Crippen MR) is 198 cm³/mol. The van der Waals surface area contributed by atoms with Gasteiger partial charge in [-0.3, -0.25) is 0 Å². The highest BCUT2D eigenvalue weighted by Crippen LogP contribution is 2.59. The molecule has 0 atom stereocenters. The van der Waals surface area contributed by atoms with Crippen molar-refractivity contribution in [2.24, 2.45) is 0 Å². The third-order valence-corrected chi connectivity index (χ3v) is 12.2. The number of ether oxygens (including phenoxy) is 2. The molecule has 1 spiro atoms. The van der Waals surface area contributed by atoms with Crippen molar-refractivity contribution in [2.75, 3.05) is 0 Å². The molecule has 0 amide bonds. The van der Waals surface area contributed by atoms with Crippen LogP contribution in [0.2, 0.25) is 0 Å². The number of carbonyl (C=O) groups is 1. The molecule has 9 rings (SSSR count). The van der Waals surface area contributed by atoms with Gasteiger partial charge >= 0.3 is 26.2 Å². The molecule has 53 heavy (non-hydrogen) atoms. The van der Waals surface area contributed by atoms with Gasteiger partial charge < -0.3 is 17.8 Å². The van der Waals surface area contributed by atoms with Gasteiger partial charge in [-0.15, -0.1) is 0 Å². The number of fused-ring (bicyclic) bond motifs is 10. The highest BCUT2D eigenvalue weighted by atomic mass is 32.2. The third kappa shape index (κ3) is 5.22. The van der Waals surface area contributed by atoms with Crippen molar-refractivity contribution in [1.82, 2.24) is 0 Å². The summed E-state index contributed by atoms with van der Waals surface area (Å²) >= 11 is 0. The summed E-state index contributed by atoms with van der Waals surface area (Å²) in [4.78, 5) is 13.6. The van der Waals surface area contributed by atoms with E-state index in [-0.39, 0.29) is 21.3 Å². The average molecular weight is 741 g/mol. The maximum absolute atomic E-state index is 13.5. The van der Waals surface area contributed by atoms with Gasteiger partial charge in [-0.05, 0) is 103 Å². The van der Waals surface area contributed by atoms with E-state index in [9.17, 15) is 21.6 Å². The van der Waals surface area contributed by atoms with Gasteiger partial charge in [0.05, 0.1) is 5.56 Å². The van der Waals surface area contributed by atoms with Gasteiger partial charge in [0.15, 0.2) is 5.60 Å². The van der Waals surface area contributed by atoms with E-state index < -0.39 is 31.8 Å². The second kappa shape index (κ2) is 11.7. The van der Waals surface area contributed by atoms with Crippen LogP contribution in [0.15, 0.2) is 143 Å². The Morgan fingerprint density at radius 1 is 0.528 bits per heavy atom. The number of carbonyl (C=O) groups excluding carboxylic acids is 1. The number of esters is 1. The van der Waals surface area contributed by atoms with Gasteiger partial charge in [0.2, 0.25) is 0 Å². The van der Waals surface area contributed by atoms with Crippen LogP contribution in [0.25, 0.3) is 21.5 Å². The first-order valence-electron chi connectivity index (χ1n) is 16.6. The van der Waals surface area contributed by atoms with Crippen LogP contribution in [0, 0.1) is 13.8 Å². The number of aryl methyl sites for hydroxylation is 2. The molecule has 0 saturated carbocycles. The van der Waals surface area contributed by atoms with E-state index >= 15 is 0 Å². The monoisotopic (exact) mass is 740 g/mol. The summed E-state index contributed by atoms with van der Waals surface area (Å²) in [7, 11) is -8.22. The van der Waals surface area contributed by atoms with Gasteiger partial charge in [0.25, 0.3) is 0 Å². The topological polar surface area (TPSA) is 122 Å². The molecule has 2 aliphatic rings. The molecule has 0 aromatic heterocycles. The van der Waals surface area contributed by atoms with Crippen molar-refractivity contribution in [3.8, 4) is 23.0 Å². The van der Waals surface area contributed by atoms with Crippen molar-refractivity contribution in [1.29, 1.82) is 0 Å². The molecule has 9 nitrogen and oxygen atoms in total. The van der Waals surface area contributed by atoms with Crippen LogP contribution in [0.5, 0.6) is 23.0 Å². The van der Waals surface area contributed by atoms with Gasteiger partial charge in [0.1, 0.15) is 32.8 Å². The van der Waals surface area contributed by atoms with Crippen LogP contribution in [-0.2, 0) is 30.6 Å². The predicted octanol–water partition coefficient (Wildman–Crippen LogP) is 8.71. The molecule has 7 aromatic rings. The van der Waals surface area contributed by atoms with Gasteiger partial charge in [-0.1, -0.05) is 65.7 Å². The molecular weight excluding hydrogens is 713 g/mol. The highest BCUT2D eigenvalue weighted by molar-refractivity contribution is 7.87. The summed E-state index contributed by atoms with van der Waals surface area (Å²) < 4.78 is 76.7. The molecule has 11 heteroatoms. The van der Waals surface area contributed by atoms with Crippen molar-refractivity contribution < 1.29 is 39.5 Å². The quantitative estimate of drug-likeness (QED) is 0.122. The van der Waals surface area contributed by atoms with Crippen LogP contribution < -0.4 is 13.1 Å². The SMILES string of the molecule is Cc1ccc(S(=O)(=O)Oc2ccc3c4c(ccc3c2)C2(OC(=O)c3ccccc32)c2ccc3cc(OS(=O)(=O)c5ccc(C)cc5)ccc3c2O4)cc1. The van der Waals surface area contributed by atoms with E-state index in [2.05, 4.69) is 0 Å². The van der Waals surface area contributed by atoms with Crippen LogP contribution in [0.1, 0.15) is 38.2 Å². The van der Waals surface area contributed by atoms with E-state index in [0.717, 1.165) is 11.1 Å². The lowest BCUT2D eigenvalue weighted by Crippen LogP contribution is -2.33. The molecule has 0 aliphatic carbocycles. The van der Waals surface area contributed by atoms with Crippen molar-refractivity contribution in [3.05, 3.63) is 167 Å². The molecular formula is C42H28O9S2. The largest absolute Gasteiger partial charge is 0.455 e. The lowest BCUT2D eigenvalue weighted by Gasteiger charge is -2.37. The molecule has 0 unspecified atom stereocenters. The molecule has 0 bridgehead atoms. The Bertz CT molecular complexity index is 2730. The van der Waals surface area contributed by atoms with Gasteiger partial charge in [0, 0.05) is 27.5 Å². The Kier molecular flexibility index (Phi) is 7.21. The summed E-state index contributed by atoms with van der Waals surface area (Å²) in [6, 6.07) is 37.0. The maximum Gasteiger partial charge on any atom is 0.340 e. The fourth-order valence-corrected chi connectivity index (χ4v) is 8.91. The average Bonchev–Trinajstić information content (AvgIpc) is 3.43.